The number of hydrogen-bond acceptors (Lipinski definition) is 4. The van der Waals surface area contributed by atoms with Crippen molar-refractivity contribution in [1.29, 1.82) is 0 Å². The molecule has 1 aliphatic rings. The van der Waals surface area contributed by atoms with E-state index < -0.39 is 38.5 Å². The van der Waals surface area contributed by atoms with Crippen molar-refractivity contribution in [2.45, 2.75) is 12.6 Å². The molecule has 1 aliphatic heterocycles. The number of rotatable bonds is 3. The van der Waals surface area contributed by atoms with Gasteiger partial charge in [-0.15, -0.1) is 0 Å². The zero-order valence-electron chi connectivity index (χ0n) is 10.8. The molecule has 2 heterocycles. The molecule has 1 atom stereocenters. The van der Waals surface area contributed by atoms with Crippen LogP contribution in [0.15, 0.2) is 16.6 Å². The SMILES string of the molecule is O=C1CC(CS(=O)(=O)Cl)CN1c1ccc(Br)c(C(F)(F)F)n1. The molecule has 0 saturated carbocycles. The number of pyridine rings is 1. The van der Waals surface area contributed by atoms with Crippen molar-refractivity contribution in [3.05, 3.63) is 22.3 Å². The zero-order valence-corrected chi connectivity index (χ0v) is 13.9. The Hall–Kier alpha value is -0.870. The van der Waals surface area contributed by atoms with Crippen molar-refractivity contribution < 1.29 is 26.4 Å². The van der Waals surface area contributed by atoms with Crippen molar-refractivity contribution in [3.8, 4) is 0 Å². The fraction of sp³-hybridized carbons (Fsp3) is 0.455. The van der Waals surface area contributed by atoms with Gasteiger partial charge < -0.3 is 0 Å². The van der Waals surface area contributed by atoms with E-state index in [1.165, 1.54) is 6.07 Å². The molecule has 1 aromatic rings. The van der Waals surface area contributed by atoms with Gasteiger partial charge in [0, 0.05) is 34.0 Å². The normalized spacial score (nSPS) is 19.8. The van der Waals surface area contributed by atoms with Gasteiger partial charge in [-0.3, -0.25) is 9.69 Å². The van der Waals surface area contributed by atoms with Gasteiger partial charge in [0.05, 0.1) is 5.75 Å². The lowest BCUT2D eigenvalue weighted by Crippen LogP contribution is -2.27. The first-order valence-electron chi connectivity index (χ1n) is 5.94. The Morgan fingerprint density at radius 3 is 2.59 bits per heavy atom. The first-order chi connectivity index (χ1) is 9.97. The molecule has 5 nitrogen and oxygen atoms in total. The standard InChI is InChI=1S/C11H9BrClF3N2O3S/c12-7-1-2-8(17-10(7)11(14,15)16)18-4-6(3-9(18)19)5-22(13,20)21/h1-2,6H,3-5H2. The highest BCUT2D eigenvalue weighted by Gasteiger charge is 2.38. The molecular weight excluding hydrogens is 413 g/mol. The van der Waals surface area contributed by atoms with Gasteiger partial charge >= 0.3 is 6.18 Å². The molecule has 1 saturated heterocycles. The summed E-state index contributed by atoms with van der Waals surface area (Å²) in [6, 6.07) is 2.40. The van der Waals surface area contributed by atoms with Crippen LogP contribution in [0.4, 0.5) is 19.0 Å². The van der Waals surface area contributed by atoms with Gasteiger partial charge in [0.1, 0.15) is 5.82 Å². The van der Waals surface area contributed by atoms with E-state index in [1.807, 2.05) is 0 Å². The van der Waals surface area contributed by atoms with E-state index in [4.69, 9.17) is 10.7 Å². The van der Waals surface area contributed by atoms with Crippen molar-refractivity contribution in [3.63, 3.8) is 0 Å². The highest BCUT2D eigenvalue weighted by molar-refractivity contribution is 9.10. The number of alkyl halides is 3. The fourth-order valence-corrected chi connectivity index (χ4v) is 3.94. The van der Waals surface area contributed by atoms with Crippen LogP contribution in [-0.2, 0) is 20.0 Å². The van der Waals surface area contributed by atoms with Gasteiger partial charge in [-0.05, 0) is 28.1 Å². The van der Waals surface area contributed by atoms with Gasteiger partial charge in [-0.1, -0.05) is 0 Å². The Morgan fingerprint density at radius 1 is 1.41 bits per heavy atom. The van der Waals surface area contributed by atoms with Crippen LogP contribution in [0.2, 0.25) is 0 Å². The molecule has 1 amide bonds. The van der Waals surface area contributed by atoms with Crippen LogP contribution in [0, 0.1) is 5.92 Å². The Balaban J connectivity index is 2.28. The summed E-state index contributed by atoms with van der Waals surface area (Å²) in [5.41, 5.74) is -1.15. The number of aromatic nitrogens is 1. The minimum absolute atomic E-state index is 0.0449. The molecule has 22 heavy (non-hydrogen) atoms. The van der Waals surface area contributed by atoms with Crippen LogP contribution in [0.25, 0.3) is 0 Å². The van der Waals surface area contributed by atoms with E-state index in [0.29, 0.717) is 0 Å². The highest BCUT2D eigenvalue weighted by Crippen LogP contribution is 2.35. The molecule has 122 valence electrons. The van der Waals surface area contributed by atoms with E-state index >= 15 is 0 Å². The summed E-state index contributed by atoms with van der Waals surface area (Å²) in [6.45, 7) is -0.0449. The minimum Gasteiger partial charge on any atom is -0.296 e. The third kappa shape index (κ3) is 4.11. The maximum atomic E-state index is 12.8. The lowest BCUT2D eigenvalue weighted by molar-refractivity contribution is -0.141. The van der Waals surface area contributed by atoms with Crippen LogP contribution >= 0.6 is 26.6 Å². The predicted octanol–water partition coefficient (Wildman–Crippen LogP) is 2.78. The van der Waals surface area contributed by atoms with E-state index in [1.54, 1.807) is 0 Å². The molecule has 0 N–H and O–H groups in total. The molecule has 2 rings (SSSR count). The molecule has 11 heteroatoms. The number of carbonyl (C=O) groups is 1. The molecule has 1 unspecified atom stereocenters. The second-order valence-corrected chi connectivity index (χ2v) is 8.45. The van der Waals surface area contributed by atoms with Gasteiger partial charge in [-0.25, -0.2) is 13.4 Å². The van der Waals surface area contributed by atoms with E-state index in [-0.39, 0.29) is 23.3 Å². The van der Waals surface area contributed by atoms with Crippen molar-refractivity contribution in [1.82, 2.24) is 4.98 Å². The number of anilines is 1. The van der Waals surface area contributed by atoms with E-state index in [2.05, 4.69) is 20.9 Å². The largest absolute Gasteiger partial charge is 0.434 e. The smallest absolute Gasteiger partial charge is 0.296 e. The molecule has 0 spiro atoms. The first-order valence-corrected chi connectivity index (χ1v) is 9.21. The summed E-state index contributed by atoms with van der Waals surface area (Å²) in [6.07, 6.45) is -4.78. The Bertz CT molecular complexity index is 711. The molecule has 0 bridgehead atoms. The summed E-state index contributed by atoms with van der Waals surface area (Å²) < 4.78 is 60.3. The third-order valence-electron chi connectivity index (χ3n) is 3.02. The van der Waals surface area contributed by atoms with Crippen molar-refractivity contribution >= 4 is 47.4 Å². The van der Waals surface area contributed by atoms with Gasteiger partial charge in [0.25, 0.3) is 0 Å². The van der Waals surface area contributed by atoms with Crippen molar-refractivity contribution in [2.24, 2.45) is 5.92 Å². The van der Waals surface area contributed by atoms with E-state index in [9.17, 15) is 26.4 Å². The number of amides is 1. The first kappa shape index (κ1) is 17.5. The summed E-state index contributed by atoms with van der Waals surface area (Å²) >= 11 is 2.76. The number of hydrogen-bond donors (Lipinski definition) is 0. The second kappa shape index (κ2) is 5.97. The minimum atomic E-state index is -4.67. The van der Waals surface area contributed by atoms with Crippen LogP contribution in [0.5, 0.6) is 0 Å². The summed E-state index contributed by atoms with van der Waals surface area (Å²) in [5, 5.41) is 0. The van der Waals surface area contributed by atoms with E-state index in [0.717, 1.165) is 11.0 Å². The third-order valence-corrected chi connectivity index (χ3v) is 4.90. The van der Waals surface area contributed by atoms with Crippen LogP contribution in [0.1, 0.15) is 12.1 Å². The lowest BCUT2D eigenvalue weighted by Gasteiger charge is -2.17. The molecule has 1 fully saturated rings. The molecule has 1 aromatic heterocycles. The summed E-state index contributed by atoms with van der Waals surface area (Å²) in [4.78, 5) is 16.4. The summed E-state index contributed by atoms with van der Waals surface area (Å²) in [5.74, 6) is -1.66. The molecule has 0 aliphatic carbocycles. The quantitative estimate of drug-likeness (QED) is 0.704. The van der Waals surface area contributed by atoms with Gasteiger partial charge in [-0.2, -0.15) is 13.2 Å². The average molecular weight is 422 g/mol. The average Bonchev–Trinajstić information content (AvgIpc) is 2.66. The number of halogens is 5. The molecule has 0 aromatic carbocycles. The number of carbonyl (C=O) groups excluding carboxylic acids is 1. The summed E-state index contributed by atoms with van der Waals surface area (Å²) in [7, 11) is 1.34. The topological polar surface area (TPSA) is 67.3 Å². The maximum absolute atomic E-state index is 12.8. The lowest BCUT2D eigenvalue weighted by atomic mass is 10.1. The Labute approximate surface area is 137 Å². The fourth-order valence-electron chi connectivity index (χ4n) is 2.18. The number of nitrogens with zero attached hydrogens (tertiary/aromatic N) is 2. The van der Waals surface area contributed by atoms with Crippen LogP contribution in [-0.4, -0.2) is 31.6 Å². The Morgan fingerprint density at radius 2 is 2.05 bits per heavy atom. The molecular formula is C11H9BrClF3N2O3S. The molecule has 0 radical (unpaired) electrons. The van der Waals surface area contributed by atoms with Crippen molar-refractivity contribution in [2.75, 3.05) is 17.2 Å². The van der Waals surface area contributed by atoms with Gasteiger partial charge in [0.15, 0.2) is 5.69 Å². The predicted molar refractivity (Wildman–Crippen MR) is 77.0 cm³/mol. The van der Waals surface area contributed by atoms with Gasteiger partial charge in [0.2, 0.25) is 15.0 Å². The van der Waals surface area contributed by atoms with Crippen LogP contribution in [0.3, 0.4) is 0 Å². The monoisotopic (exact) mass is 420 g/mol. The zero-order chi connectivity index (χ0) is 16.7. The highest BCUT2D eigenvalue weighted by atomic mass is 79.9. The second-order valence-electron chi connectivity index (χ2n) is 4.78. The Kier molecular flexibility index (Phi) is 4.74. The maximum Gasteiger partial charge on any atom is 0.434 e. The van der Waals surface area contributed by atoms with Crippen LogP contribution < -0.4 is 4.90 Å².